The van der Waals surface area contributed by atoms with Crippen LogP contribution in [0.1, 0.15) is 51.2 Å². The van der Waals surface area contributed by atoms with E-state index in [1.807, 2.05) is 0 Å². The molecule has 0 aromatic heterocycles. The van der Waals surface area contributed by atoms with Gasteiger partial charge < -0.3 is 0 Å². The summed E-state index contributed by atoms with van der Waals surface area (Å²) in [5, 5.41) is 0. The minimum Gasteiger partial charge on any atom is -0.0995 e. The Morgan fingerprint density at radius 3 is 2.52 bits per heavy atom. The quantitative estimate of drug-likeness (QED) is 0.473. The number of fused-ring (bicyclic) bond motifs is 1. The highest BCUT2D eigenvalue weighted by Gasteiger charge is 2.36. The summed E-state index contributed by atoms with van der Waals surface area (Å²) in [6.45, 7) is 22.1. The van der Waals surface area contributed by atoms with Gasteiger partial charge in [0.25, 0.3) is 0 Å². The zero-order valence-corrected chi connectivity index (χ0v) is 17.4. The average molecular weight is 357 g/mol. The maximum absolute atomic E-state index is 4.57. The van der Waals surface area contributed by atoms with Gasteiger partial charge in [-0.15, -0.1) is 0 Å². The molecule has 0 heterocycles. The third-order valence-corrected chi connectivity index (χ3v) is 6.16. The van der Waals surface area contributed by atoms with E-state index >= 15 is 0 Å². The molecule has 2 aliphatic rings. The van der Waals surface area contributed by atoms with Gasteiger partial charge in [0.2, 0.25) is 0 Å². The molecular formula is C27H32. The third-order valence-electron chi connectivity index (χ3n) is 6.16. The van der Waals surface area contributed by atoms with E-state index in [0.717, 1.165) is 19.3 Å². The lowest BCUT2D eigenvalue weighted by Crippen LogP contribution is -2.16. The monoisotopic (exact) mass is 356 g/mol. The Morgan fingerprint density at radius 2 is 1.93 bits per heavy atom. The average Bonchev–Trinajstić information content (AvgIpc) is 2.93. The second kappa shape index (κ2) is 7.72. The molecule has 2 unspecified atom stereocenters. The van der Waals surface area contributed by atoms with Crippen molar-refractivity contribution in [2.24, 2.45) is 11.8 Å². The van der Waals surface area contributed by atoms with Gasteiger partial charge in [-0.3, -0.25) is 0 Å². The Hall–Kier alpha value is -2.34. The largest absolute Gasteiger partial charge is 0.0995 e. The van der Waals surface area contributed by atoms with Gasteiger partial charge in [-0.25, -0.2) is 0 Å². The van der Waals surface area contributed by atoms with Crippen molar-refractivity contribution in [3.63, 3.8) is 0 Å². The normalized spacial score (nSPS) is 22.1. The Bertz CT molecular complexity index is 898. The molecule has 27 heavy (non-hydrogen) atoms. The lowest BCUT2D eigenvalue weighted by Gasteiger charge is -2.31. The van der Waals surface area contributed by atoms with Crippen molar-refractivity contribution in [2.45, 2.75) is 47.0 Å². The Morgan fingerprint density at radius 1 is 1.22 bits per heavy atom. The van der Waals surface area contributed by atoms with Crippen molar-refractivity contribution >= 4 is 6.08 Å². The molecule has 0 aliphatic heterocycles. The maximum atomic E-state index is 4.57. The van der Waals surface area contributed by atoms with Crippen LogP contribution in [0.5, 0.6) is 0 Å². The summed E-state index contributed by atoms with van der Waals surface area (Å²) in [6.07, 6.45) is 7.84. The number of allylic oxidation sites excluding steroid dienone is 8. The molecule has 0 heteroatoms. The van der Waals surface area contributed by atoms with E-state index in [0.29, 0.717) is 11.8 Å². The van der Waals surface area contributed by atoms with Gasteiger partial charge in [-0.1, -0.05) is 81.1 Å². The Kier molecular flexibility index (Phi) is 5.56. The maximum Gasteiger partial charge on any atom is 0.0305 e. The SMILES string of the molecule is C=C1CC2=CC(C(CC)C(=C)C)=C(CC)C(=C)C2/C1=C/c1ccccc1C. The highest BCUT2D eigenvalue weighted by Crippen LogP contribution is 2.51. The van der Waals surface area contributed by atoms with E-state index in [4.69, 9.17) is 0 Å². The third kappa shape index (κ3) is 3.46. The second-order valence-corrected chi connectivity index (χ2v) is 8.01. The zero-order valence-electron chi connectivity index (χ0n) is 17.4. The molecule has 3 rings (SSSR count). The van der Waals surface area contributed by atoms with Crippen molar-refractivity contribution in [3.05, 3.63) is 100 Å². The summed E-state index contributed by atoms with van der Waals surface area (Å²) in [5.41, 5.74) is 12.0. The van der Waals surface area contributed by atoms with Crippen molar-refractivity contribution in [1.29, 1.82) is 0 Å². The van der Waals surface area contributed by atoms with Crippen molar-refractivity contribution in [1.82, 2.24) is 0 Å². The Labute approximate surface area is 165 Å². The summed E-state index contributed by atoms with van der Waals surface area (Å²) in [4.78, 5) is 0. The van der Waals surface area contributed by atoms with E-state index in [1.165, 1.54) is 50.1 Å². The fourth-order valence-corrected chi connectivity index (χ4v) is 4.72. The summed E-state index contributed by atoms with van der Waals surface area (Å²) in [5.74, 6) is 0.709. The van der Waals surface area contributed by atoms with Crippen LogP contribution < -0.4 is 0 Å². The molecule has 0 nitrogen and oxygen atoms in total. The minimum atomic E-state index is 0.290. The van der Waals surface area contributed by atoms with Crippen LogP contribution >= 0.6 is 0 Å². The first kappa shape index (κ1) is 19.4. The molecule has 0 radical (unpaired) electrons. The van der Waals surface area contributed by atoms with Gasteiger partial charge in [-0.05, 0) is 72.1 Å². The van der Waals surface area contributed by atoms with Gasteiger partial charge in [0.1, 0.15) is 0 Å². The van der Waals surface area contributed by atoms with Gasteiger partial charge in [-0.2, -0.15) is 0 Å². The van der Waals surface area contributed by atoms with Crippen LogP contribution in [-0.4, -0.2) is 0 Å². The summed E-state index contributed by atoms with van der Waals surface area (Å²) < 4.78 is 0. The summed E-state index contributed by atoms with van der Waals surface area (Å²) in [7, 11) is 0. The minimum absolute atomic E-state index is 0.290. The predicted molar refractivity (Wildman–Crippen MR) is 120 cm³/mol. The van der Waals surface area contributed by atoms with E-state index in [2.05, 4.69) is 83.8 Å². The topological polar surface area (TPSA) is 0 Å². The van der Waals surface area contributed by atoms with Crippen LogP contribution in [-0.2, 0) is 0 Å². The summed E-state index contributed by atoms with van der Waals surface area (Å²) in [6, 6.07) is 8.57. The first-order chi connectivity index (χ1) is 12.9. The number of rotatable bonds is 5. The lowest BCUT2D eigenvalue weighted by molar-refractivity contribution is 0.677. The molecule has 1 fully saturated rings. The molecule has 2 atom stereocenters. The lowest BCUT2D eigenvalue weighted by atomic mass is 9.73. The van der Waals surface area contributed by atoms with Gasteiger partial charge in [0, 0.05) is 11.8 Å². The van der Waals surface area contributed by atoms with E-state index in [9.17, 15) is 0 Å². The first-order valence-electron chi connectivity index (χ1n) is 10.1. The molecular weight excluding hydrogens is 324 g/mol. The van der Waals surface area contributed by atoms with Crippen molar-refractivity contribution in [3.8, 4) is 0 Å². The van der Waals surface area contributed by atoms with E-state index in [1.54, 1.807) is 0 Å². The molecule has 0 N–H and O–H groups in total. The molecule has 1 aromatic rings. The highest BCUT2D eigenvalue weighted by atomic mass is 14.4. The van der Waals surface area contributed by atoms with Crippen LogP contribution in [0, 0.1) is 18.8 Å². The molecule has 2 aliphatic carbocycles. The zero-order chi connectivity index (χ0) is 19.7. The molecule has 1 saturated carbocycles. The molecule has 1 aromatic carbocycles. The fourth-order valence-electron chi connectivity index (χ4n) is 4.72. The van der Waals surface area contributed by atoms with Crippen LogP contribution in [0.2, 0.25) is 0 Å². The second-order valence-electron chi connectivity index (χ2n) is 8.01. The molecule has 140 valence electrons. The van der Waals surface area contributed by atoms with Crippen molar-refractivity contribution < 1.29 is 0 Å². The fraction of sp³-hybridized carbons (Fsp3) is 0.333. The van der Waals surface area contributed by atoms with Gasteiger partial charge in [0.05, 0.1) is 0 Å². The Balaban J connectivity index is 2.09. The van der Waals surface area contributed by atoms with Gasteiger partial charge in [0.15, 0.2) is 0 Å². The van der Waals surface area contributed by atoms with E-state index < -0.39 is 0 Å². The first-order valence-corrected chi connectivity index (χ1v) is 10.1. The van der Waals surface area contributed by atoms with Crippen LogP contribution in [0.4, 0.5) is 0 Å². The highest BCUT2D eigenvalue weighted by molar-refractivity contribution is 5.71. The number of hydrogen-bond donors (Lipinski definition) is 0. The number of aryl methyl sites for hydroxylation is 1. The van der Waals surface area contributed by atoms with Crippen molar-refractivity contribution in [2.75, 3.05) is 0 Å². The molecule has 0 bridgehead atoms. The molecule has 0 saturated heterocycles. The molecule has 0 amide bonds. The molecule has 0 spiro atoms. The predicted octanol–water partition coefficient (Wildman–Crippen LogP) is 7.76. The van der Waals surface area contributed by atoms with Crippen LogP contribution in [0.3, 0.4) is 0 Å². The number of benzene rings is 1. The van der Waals surface area contributed by atoms with E-state index in [-0.39, 0.29) is 0 Å². The smallest absolute Gasteiger partial charge is 0.0305 e. The van der Waals surface area contributed by atoms with Crippen LogP contribution in [0.15, 0.2) is 89.1 Å². The standard InChI is InChI=1S/C27H32/c1-8-23(17(3)4)26-16-22-14-19(6)25(27(22)20(7)24(26)9-2)15-21-13-11-10-12-18(21)5/h10-13,15-16,23,27H,3,6-9,14H2,1-2,4-5H3/b25-15+. The number of hydrogen-bond acceptors (Lipinski definition) is 0. The van der Waals surface area contributed by atoms with Gasteiger partial charge >= 0.3 is 0 Å². The summed E-state index contributed by atoms with van der Waals surface area (Å²) >= 11 is 0. The van der Waals surface area contributed by atoms with Crippen LogP contribution in [0.25, 0.3) is 6.08 Å².